The van der Waals surface area contributed by atoms with Crippen LogP contribution in [0.3, 0.4) is 0 Å². The maximum Gasteiger partial charge on any atom is 0.323 e. The van der Waals surface area contributed by atoms with Crippen LogP contribution in [0.2, 0.25) is 0 Å². The van der Waals surface area contributed by atoms with Crippen molar-refractivity contribution in [2.45, 2.75) is 32.1 Å². The lowest BCUT2D eigenvalue weighted by molar-refractivity contribution is 0.197. The Labute approximate surface area is 204 Å². The van der Waals surface area contributed by atoms with E-state index in [9.17, 15) is 4.79 Å². The minimum atomic E-state index is -0.182. The Morgan fingerprint density at radius 3 is 2.66 bits per heavy atom. The molecule has 180 valence electrons. The highest BCUT2D eigenvalue weighted by molar-refractivity contribution is 5.88. The molecule has 1 saturated heterocycles. The summed E-state index contributed by atoms with van der Waals surface area (Å²) in [5.41, 5.74) is 3.52. The Bertz CT molecular complexity index is 1210. The van der Waals surface area contributed by atoms with E-state index < -0.39 is 0 Å². The number of carbonyl (C=O) groups is 1. The van der Waals surface area contributed by atoms with Crippen LogP contribution in [-0.2, 0) is 0 Å². The largest absolute Gasteiger partial charge is 0.480 e. The Kier molecular flexibility index (Phi) is 6.56. The molecule has 0 bridgehead atoms. The Morgan fingerprint density at radius 2 is 1.97 bits per heavy atom. The van der Waals surface area contributed by atoms with Gasteiger partial charge >= 0.3 is 12.0 Å². The standard InChI is InChI=1S/C26H28N6O3/c1-17-16-32(26(33)29-23-8-9-24(34-2)31-30-23)11-10-20(17)12-18-4-3-5-22(13-18)35-25-27-14-21(15-28-25)19-6-7-19/h3-5,8-9,12-15,17,19H,6-7,10-11,16H2,1-2H3,(H,29,30,33)/b20-12+. The van der Waals surface area contributed by atoms with Gasteiger partial charge in [-0.3, -0.25) is 5.32 Å². The molecule has 5 rings (SSSR count). The van der Waals surface area contributed by atoms with Crippen LogP contribution in [0.5, 0.6) is 17.6 Å². The van der Waals surface area contributed by atoms with Gasteiger partial charge < -0.3 is 14.4 Å². The number of ether oxygens (including phenoxy) is 2. The van der Waals surface area contributed by atoms with Crippen molar-refractivity contribution in [1.29, 1.82) is 0 Å². The van der Waals surface area contributed by atoms with Crippen molar-refractivity contribution in [3.8, 4) is 17.6 Å². The molecule has 3 aromatic rings. The van der Waals surface area contributed by atoms with Gasteiger partial charge in [0.1, 0.15) is 5.75 Å². The smallest absolute Gasteiger partial charge is 0.323 e. The molecular weight excluding hydrogens is 444 g/mol. The molecule has 2 amide bonds. The SMILES string of the molecule is COc1ccc(NC(=O)N2CC/C(=C\c3cccc(Oc4ncc(C5CC5)cn4)c3)C(C)C2)nn1. The van der Waals surface area contributed by atoms with Crippen LogP contribution in [0.1, 0.15) is 43.2 Å². The minimum Gasteiger partial charge on any atom is -0.480 e. The number of benzene rings is 1. The third-order valence-electron chi connectivity index (χ3n) is 6.29. The summed E-state index contributed by atoms with van der Waals surface area (Å²) in [6.07, 6.45) is 9.13. The van der Waals surface area contributed by atoms with Gasteiger partial charge in [0.25, 0.3) is 0 Å². The van der Waals surface area contributed by atoms with Crippen molar-refractivity contribution >= 4 is 17.9 Å². The summed E-state index contributed by atoms with van der Waals surface area (Å²) < 4.78 is 10.9. The lowest BCUT2D eigenvalue weighted by Gasteiger charge is -2.33. The molecule has 2 aromatic heterocycles. The first-order valence-electron chi connectivity index (χ1n) is 11.8. The summed E-state index contributed by atoms with van der Waals surface area (Å²) >= 11 is 0. The molecule has 1 aromatic carbocycles. The predicted octanol–water partition coefficient (Wildman–Crippen LogP) is 4.90. The number of piperidine rings is 1. The van der Waals surface area contributed by atoms with Crippen molar-refractivity contribution < 1.29 is 14.3 Å². The number of nitrogens with one attached hydrogen (secondary N) is 1. The second-order valence-corrected chi connectivity index (χ2v) is 8.96. The molecule has 9 heteroatoms. The van der Waals surface area contributed by atoms with Gasteiger partial charge in [0.05, 0.1) is 7.11 Å². The van der Waals surface area contributed by atoms with Crippen molar-refractivity contribution in [2.75, 3.05) is 25.5 Å². The summed E-state index contributed by atoms with van der Waals surface area (Å²) in [5, 5.41) is 10.6. The molecule has 35 heavy (non-hydrogen) atoms. The van der Waals surface area contributed by atoms with Gasteiger partial charge in [-0.1, -0.05) is 30.7 Å². The summed E-state index contributed by atoms with van der Waals surface area (Å²) in [6.45, 7) is 3.38. The molecule has 0 radical (unpaired) electrons. The van der Waals surface area contributed by atoms with Crippen LogP contribution < -0.4 is 14.8 Å². The van der Waals surface area contributed by atoms with E-state index in [1.807, 2.05) is 36.7 Å². The topological polar surface area (TPSA) is 102 Å². The zero-order valence-corrected chi connectivity index (χ0v) is 19.8. The van der Waals surface area contributed by atoms with Crippen LogP contribution in [0.25, 0.3) is 6.08 Å². The third-order valence-corrected chi connectivity index (χ3v) is 6.29. The molecule has 9 nitrogen and oxygen atoms in total. The predicted molar refractivity (Wildman–Crippen MR) is 131 cm³/mol. The number of hydrogen-bond donors (Lipinski definition) is 1. The van der Waals surface area contributed by atoms with Gasteiger partial charge in [-0.2, -0.15) is 0 Å². The first-order chi connectivity index (χ1) is 17.1. The molecule has 2 fully saturated rings. The summed E-state index contributed by atoms with van der Waals surface area (Å²) in [6, 6.07) is 11.4. The molecule has 2 aliphatic rings. The number of aromatic nitrogens is 4. The molecule has 3 heterocycles. The number of likely N-dealkylation sites (tertiary alicyclic amines) is 1. The third kappa shape index (κ3) is 5.74. The Balaban J connectivity index is 1.19. The van der Waals surface area contributed by atoms with E-state index in [1.165, 1.54) is 31.1 Å². The van der Waals surface area contributed by atoms with E-state index in [4.69, 9.17) is 9.47 Å². The molecule has 1 aliphatic heterocycles. The molecule has 1 saturated carbocycles. The second kappa shape index (κ2) is 10.1. The molecule has 1 aliphatic carbocycles. The first kappa shape index (κ1) is 22.8. The van der Waals surface area contributed by atoms with E-state index in [1.54, 1.807) is 17.0 Å². The van der Waals surface area contributed by atoms with E-state index >= 15 is 0 Å². The van der Waals surface area contributed by atoms with Crippen LogP contribution in [0.15, 0.2) is 54.4 Å². The van der Waals surface area contributed by atoms with Crippen LogP contribution in [0, 0.1) is 5.92 Å². The molecule has 1 N–H and O–H groups in total. The number of carbonyl (C=O) groups excluding carboxylic acids is 1. The quantitative estimate of drug-likeness (QED) is 0.544. The van der Waals surface area contributed by atoms with Crippen molar-refractivity contribution in [3.05, 3.63) is 65.5 Å². The van der Waals surface area contributed by atoms with Crippen molar-refractivity contribution in [3.63, 3.8) is 0 Å². The van der Waals surface area contributed by atoms with Gasteiger partial charge in [0.15, 0.2) is 5.82 Å². The van der Waals surface area contributed by atoms with E-state index in [2.05, 4.69) is 38.5 Å². The zero-order valence-electron chi connectivity index (χ0n) is 19.8. The highest BCUT2D eigenvalue weighted by Crippen LogP contribution is 2.39. The van der Waals surface area contributed by atoms with Gasteiger partial charge in [0.2, 0.25) is 5.88 Å². The summed E-state index contributed by atoms with van der Waals surface area (Å²) in [5.74, 6) is 2.34. The van der Waals surface area contributed by atoms with Crippen LogP contribution in [0.4, 0.5) is 10.6 Å². The average Bonchev–Trinajstić information content (AvgIpc) is 3.72. The molecular formula is C26H28N6O3. The molecule has 0 spiro atoms. The van der Waals surface area contributed by atoms with Gasteiger partial charge in [-0.25, -0.2) is 14.8 Å². The lowest BCUT2D eigenvalue weighted by atomic mass is 9.91. The summed E-state index contributed by atoms with van der Waals surface area (Å²) in [4.78, 5) is 23.2. The molecule has 1 unspecified atom stereocenters. The maximum absolute atomic E-state index is 12.7. The van der Waals surface area contributed by atoms with Crippen molar-refractivity contribution in [1.82, 2.24) is 25.1 Å². The van der Waals surface area contributed by atoms with Gasteiger partial charge in [0, 0.05) is 31.5 Å². The number of nitrogens with zero attached hydrogens (tertiary/aromatic N) is 5. The van der Waals surface area contributed by atoms with E-state index in [-0.39, 0.29) is 11.9 Å². The van der Waals surface area contributed by atoms with Crippen LogP contribution in [-0.4, -0.2) is 51.3 Å². The van der Waals surface area contributed by atoms with E-state index in [0.29, 0.717) is 42.5 Å². The fourth-order valence-corrected chi connectivity index (χ4v) is 4.13. The fraction of sp³-hybridized carbons (Fsp3) is 0.346. The van der Waals surface area contributed by atoms with Gasteiger partial charge in [-0.15, -0.1) is 10.2 Å². The highest BCUT2D eigenvalue weighted by atomic mass is 16.5. The first-order valence-corrected chi connectivity index (χ1v) is 11.8. The lowest BCUT2D eigenvalue weighted by Crippen LogP contribution is -2.42. The average molecular weight is 473 g/mol. The maximum atomic E-state index is 12.7. The number of amides is 2. The zero-order chi connectivity index (χ0) is 24.2. The fourth-order valence-electron chi connectivity index (χ4n) is 4.13. The number of rotatable bonds is 6. The minimum absolute atomic E-state index is 0.182. The van der Waals surface area contributed by atoms with Crippen LogP contribution >= 0.6 is 0 Å². The monoisotopic (exact) mass is 472 g/mol. The Morgan fingerprint density at radius 1 is 1.14 bits per heavy atom. The normalized spacial score (nSPS) is 18.9. The van der Waals surface area contributed by atoms with E-state index in [0.717, 1.165) is 12.0 Å². The number of urea groups is 1. The highest BCUT2D eigenvalue weighted by Gasteiger charge is 2.25. The number of hydrogen-bond acceptors (Lipinski definition) is 7. The number of methoxy groups -OCH3 is 1. The number of anilines is 1. The molecule has 1 atom stereocenters. The van der Waals surface area contributed by atoms with Gasteiger partial charge in [-0.05, 0) is 60.4 Å². The Hall–Kier alpha value is -4.01. The van der Waals surface area contributed by atoms with Crippen molar-refractivity contribution in [2.24, 2.45) is 5.92 Å². The second-order valence-electron chi connectivity index (χ2n) is 8.96. The summed E-state index contributed by atoms with van der Waals surface area (Å²) in [7, 11) is 1.52.